The fraction of sp³-hybridized carbons (Fsp3) is 0.615. The molecule has 0 radical (unpaired) electrons. The van der Waals surface area contributed by atoms with E-state index in [4.69, 9.17) is 14.6 Å². The Labute approximate surface area is 106 Å². The van der Waals surface area contributed by atoms with Gasteiger partial charge in [-0.2, -0.15) is 0 Å². The number of aliphatic hydroxyl groups is 1. The minimum atomic E-state index is -0.940. The molecule has 0 bridgehead atoms. The topological polar surface area (TPSA) is 73.9 Å². The Kier molecular flexibility index (Phi) is 4.38. The molecule has 5 heteroatoms. The molecule has 1 aliphatic rings. The van der Waals surface area contributed by atoms with Gasteiger partial charge in [0.25, 0.3) is 0 Å². The Bertz CT molecular complexity index is 401. The molecule has 2 heterocycles. The van der Waals surface area contributed by atoms with E-state index in [-0.39, 0.29) is 12.2 Å². The van der Waals surface area contributed by atoms with Gasteiger partial charge in [0.2, 0.25) is 0 Å². The van der Waals surface area contributed by atoms with Crippen LogP contribution in [-0.4, -0.2) is 40.3 Å². The van der Waals surface area contributed by atoms with Gasteiger partial charge in [-0.15, -0.1) is 0 Å². The first-order chi connectivity index (χ1) is 8.72. The SMILES string of the molecule is O=C(O)c1ccoc1CN1CCCC1CCCO. The Morgan fingerprint density at radius 3 is 3.11 bits per heavy atom. The van der Waals surface area contributed by atoms with Crippen LogP contribution in [0.1, 0.15) is 41.8 Å². The van der Waals surface area contributed by atoms with Crippen molar-refractivity contribution in [2.75, 3.05) is 13.2 Å². The molecule has 1 aromatic rings. The number of aliphatic hydroxyl groups excluding tert-OH is 1. The van der Waals surface area contributed by atoms with Crippen molar-refractivity contribution >= 4 is 5.97 Å². The lowest BCUT2D eigenvalue weighted by molar-refractivity contribution is 0.0692. The van der Waals surface area contributed by atoms with Crippen LogP contribution >= 0.6 is 0 Å². The van der Waals surface area contributed by atoms with Gasteiger partial charge in [0.1, 0.15) is 11.3 Å². The van der Waals surface area contributed by atoms with Crippen LogP contribution in [0.3, 0.4) is 0 Å². The number of carboxylic acid groups (broad SMARTS) is 1. The molecule has 1 unspecified atom stereocenters. The maximum absolute atomic E-state index is 11.0. The summed E-state index contributed by atoms with van der Waals surface area (Å²) in [5.74, 6) is -0.414. The number of rotatable bonds is 6. The molecule has 0 aromatic carbocycles. The monoisotopic (exact) mass is 253 g/mol. The second kappa shape index (κ2) is 6.02. The highest BCUT2D eigenvalue weighted by molar-refractivity contribution is 5.88. The first kappa shape index (κ1) is 13.1. The fourth-order valence-electron chi connectivity index (χ4n) is 2.60. The van der Waals surface area contributed by atoms with Crippen LogP contribution in [-0.2, 0) is 6.54 Å². The second-order valence-corrected chi connectivity index (χ2v) is 4.69. The summed E-state index contributed by atoms with van der Waals surface area (Å²) in [7, 11) is 0. The summed E-state index contributed by atoms with van der Waals surface area (Å²) >= 11 is 0. The minimum Gasteiger partial charge on any atom is -0.478 e. The number of likely N-dealkylation sites (tertiary alicyclic amines) is 1. The van der Waals surface area contributed by atoms with E-state index in [1.165, 1.54) is 12.3 Å². The predicted octanol–water partition coefficient (Wildman–Crippen LogP) is 1.71. The summed E-state index contributed by atoms with van der Waals surface area (Å²) in [4.78, 5) is 13.2. The highest BCUT2D eigenvalue weighted by Gasteiger charge is 2.26. The maximum atomic E-state index is 11.0. The second-order valence-electron chi connectivity index (χ2n) is 4.69. The Hall–Kier alpha value is -1.33. The first-order valence-corrected chi connectivity index (χ1v) is 6.37. The van der Waals surface area contributed by atoms with E-state index in [9.17, 15) is 4.79 Å². The zero-order valence-electron chi connectivity index (χ0n) is 10.3. The lowest BCUT2D eigenvalue weighted by Gasteiger charge is -2.23. The molecule has 1 saturated heterocycles. The lowest BCUT2D eigenvalue weighted by Crippen LogP contribution is -2.29. The van der Waals surface area contributed by atoms with Crippen molar-refractivity contribution < 1.29 is 19.4 Å². The molecule has 2 rings (SSSR count). The summed E-state index contributed by atoms with van der Waals surface area (Å²) in [6.45, 7) is 1.73. The zero-order valence-corrected chi connectivity index (χ0v) is 10.3. The smallest absolute Gasteiger partial charge is 0.339 e. The van der Waals surface area contributed by atoms with E-state index in [0.29, 0.717) is 18.3 Å². The van der Waals surface area contributed by atoms with Gasteiger partial charge in [0, 0.05) is 12.6 Å². The standard InChI is InChI=1S/C13H19NO4/c15-7-2-4-10-3-1-6-14(10)9-12-11(13(16)17)5-8-18-12/h5,8,10,15H,1-4,6-7,9H2,(H,16,17). The third-order valence-electron chi connectivity index (χ3n) is 3.52. The van der Waals surface area contributed by atoms with E-state index in [0.717, 1.165) is 32.2 Å². The van der Waals surface area contributed by atoms with Crippen LogP contribution in [0.4, 0.5) is 0 Å². The fourth-order valence-corrected chi connectivity index (χ4v) is 2.60. The van der Waals surface area contributed by atoms with Gasteiger partial charge < -0.3 is 14.6 Å². The largest absolute Gasteiger partial charge is 0.478 e. The number of furan rings is 1. The molecule has 1 fully saturated rings. The molecule has 18 heavy (non-hydrogen) atoms. The van der Waals surface area contributed by atoms with Gasteiger partial charge in [-0.05, 0) is 38.3 Å². The van der Waals surface area contributed by atoms with Crippen molar-refractivity contribution in [3.8, 4) is 0 Å². The van der Waals surface area contributed by atoms with Crippen molar-refractivity contribution in [1.29, 1.82) is 0 Å². The number of hydrogen-bond acceptors (Lipinski definition) is 4. The van der Waals surface area contributed by atoms with Crippen molar-refractivity contribution in [3.63, 3.8) is 0 Å². The van der Waals surface area contributed by atoms with Gasteiger partial charge in [-0.3, -0.25) is 4.90 Å². The van der Waals surface area contributed by atoms with Gasteiger partial charge >= 0.3 is 5.97 Å². The molecule has 0 spiro atoms. The van der Waals surface area contributed by atoms with E-state index < -0.39 is 5.97 Å². The van der Waals surface area contributed by atoms with Crippen LogP contribution in [0.5, 0.6) is 0 Å². The lowest BCUT2D eigenvalue weighted by atomic mass is 10.1. The predicted molar refractivity (Wildman–Crippen MR) is 65.4 cm³/mol. The van der Waals surface area contributed by atoms with E-state index in [2.05, 4.69) is 4.90 Å². The van der Waals surface area contributed by atoms with E-state index in [1.807, 2.05) is 0 Å². The average Bonchev–Trinajstić information content (AvgIpc) is 2.96. The number of hydrogen-bond donors (Lipinski definition) is 2. The van der Waals surface area contributed by atoms with E-state index >= 15 is 0 Å². The van der Waals surface area contributed by atoms with Crippen molar-refractivity contribution in [2.24, 2.45) is 0 Å². The van der Waals surface area contributed by atoms with Crippen LogP contribution in [0.25, 0.3) is 0 Å². The molecule has 1 atom stereocenters. The highest BCUT2D eigenvalue weighted by atomic mass is 16.4. The summed E-state index contributed by atoms with van der Waals surface area (Å²) in [6.07, 6.45) is 5.42. The molecular formula is C13H19NO4. The quantitative estimate of drug-likeness (QED) is 0.807. The number of carbonyl (C=O) groups is 1. The molecule has 5 nitrogen and oxygen atoms in total. The summed E-state index contributed by atoms with van der Waals surface area (Å²) < 4.78 is 5.27. The third kappa shape index (κ3) is 2.91. The van der Waals surface area contributed by atoms with Crippen molar-refractivity contribution in [3.05, 3.63) is 23.7 Å². The first-order valence-electron chi connectivity index (χ1n) is 6.37. The Morgan fingerprint density at radius 1 is 1.56 bits per heavy atom. The van der Waals surface area contributed by atoms with Crippen LogP contribution in [0.15, 0.2) is 16.7 Å². The zero-order chi connectivity index (χ0) is 13.0. The summed E-state index contributed by atoms with van der Waals surface area (Å²) in [5, 5.41) is 17.9. The molecular weight excluding hydrogens is 234 g/mol. The van der Waals surface area contributed by atoms with Crippen molar-refractivity contribution in [1.82, 2.24) is 4.90 Å². The molecule has 0 saturated carbocycles. The average molecular weight is 253 g/mol. The van der Waals surface area contributed by atoms with Crippen LogP contribution < -0.4 is 0 Å². The van der Waals surface area contributed by atoms with Gasteiger partial charge in [-0.1, -0.05) is 0 Å². The minimum absolute atomic E-state index is 0.214. The maximum Gasteiger partial charge on any atom is 0.339 e. The summed E-state index contributed by atoms with van der Waals surface area (Å²) in [6, 6.07) is 1.93. The molecule has 0 amide bonds. The van der Waals surface area contributed by atoms with Crippen molar-refractivity contribution in [2.45, 2.75) is 38.3 Å². The molecule has 0 aliphatic carbocycles. The van der Waals surface area contributed by atoms with Crippen LogP contribution in [0, 0.1) is 0 Å². The van der Waals surface area contributed by atoms with Gasteiger partial charge in [-0.25, -0.2) is 4.79 Å². The van der Waals surface area contributed by atoms with Crippen LogP contribution in [0.2, 0.25) is 0 Å². The molecule has 2 N–H and O–H groups in total. The number of aromatic carboxylic acids is 1. The molecule has 1 aliphatic heterocycles. The highest BCUT2D eigenvalue weighted by Crippen LogP contribution is 2.24. The number of nitrogens with zero attached hydrogens (tertiary/aromatic N) is 1. The molecule has 100 valence electrons. The van der Waals surface area contributed by atoms with Gasteiger partial charge in [0.05, 0.1) is 12.8 Å². The molecule has 1 aromatic heterocycles. The summed E-state index contributed by atoms with van der Waals surface area (Å²) in [5.41, 5.74) is 0.253. The Morgan fingerprint density at radius 2 is 2.39 bits per heavy atom. The van der Waals surface area contributed by atoms with Gasteiger partial charge in [0.15, 0.2) is 0 Å². The third-order valence-corrected chi connectivity index (χ3v) is 3.52. The Balaban J connectivity index is 1.99. The normalized spacial score (nSPS) is 20.4. The number of carboxylic acids is 1. The van der Waals surface area contributed by atoms with E-state index in [1.54, 1.807) is 0 Å².